The average Bonchev–Trinajstić information content (AvgIpc) is 3.23. The maximum absolute atomic E-state index is 12.9. The van der Waals surface area contributed by atoms with Gasteiger partial charge in [0.15, 0.2) is 0 Å². The fraction of sp³-hybridized carbons (Fsp3) is 0.188. The Balaban J connectivity index is 2.10. The zero-order valence-corrected chi connectivity index (χ0v) is 14.9. The van der Waals surface area contributed by atoms with E-state index in [9.17, 15) is 8.42 Å². The van der Waals surface area contributed by atoms with Crippen molar-refractivity contribution < 1.29 is 12.8 Å². The van der Waals surface area contributed by atoms with Crippen LogP contribution >= 0.6 is 23.1 Å². The first-order valence-electron chi connectivity index (χ1n) is 7.10. The lowest BCUT2D eigenvalue weighted by molar-refractivity contribution is 0.471. The lowest BCUT2D eigenvalue weighted by Crippen LogP contribution is -2.03. The van der Waals surface area contributed by atoms with Gasteiger partial charge in [-0.1, -0.05) is 43.0 Å². The number of sulfone groups is 1. The van der Waals surface area contributed by atoms with Gasteiger partial charge in [-0.25, -0.2) is 8.42 Å². The summed E-state index contributed by atoms with van der Waals surface area (Å²) in [5.74, 6) is 1.13. The predicted octanol–water partition coefficient (Wildman–Crippen LogP) is 4.74. The number of oxazole rings is 1. The molecule has 0 unspecified atom stereocenters. The molecule has 0 fully saturated rings. The van der Waals surface area contributed by atoms with Gasteiger partial charge in [0.2, 0.25) is 25.8 Å². The van der Waals surface area contributed by atoms with E-state index in [-0.39, 0.29) is 9.92 Å². The van der Waals surface area contributed by atoms with E-state index in [1.807, 2.05) is 24.4 Å². The van der Waals surface area contributed by atoms with Crippen LogP contribution < -0.4 is 0 Å². The first-order valence-corrected chi connectivity index (χ1v) is 10.5. The second kappa shape index (κ2) is 6.90. The van der Waals surface area contributed by atoms with E-state index in [4.69, 9.17) is 4.42 Å². The molecule has 0 saturated carbocycles. The van der Waals surface area contributed by atoms with Gasteiger partial charge in [0.05, 0.1) is 9.77 Å². The molecule has 2 heterocycles. The zero-order chi connectivity index (χ0) is 16.3. The zero-order valence-electron chi connectivity index (χ0n) is 12.4. The number of benzene rings is 1. The molecule has 0 aliphatic rings. The molecule has 3 rings (SSSR count). The lowest BCUT2D eigenvalue weighted by Gasteiger charge is -2.02. The minimum atomic E-state index is -3.69. The Morgan fingerprint density at radius 3 is 2.61 bits per heavy atom. The molecule has 0 radical (unpaired) electrons. The molecule has 23 heavy (non-hydrogen) atoms. The molecule has 7 heteroatoms. The molecule has 0 aliphatic heterocycles. The topological polar surface area (TPSA) is 60.2 Å². The quantitative estimate of drug-likeness (QED) is 0.591. The highest BCUT2D eigenvalue weighted by atomic mass is 32.2. The fourth-order valence-corrected chi connectivity index (χ4v) is 5.02. The maximum atomic E-state index is 12.9. The molecule has 120 valence electrons. The van der Waals surface area contributed by atoms with Crippen LogP contribution in [0.2, 0.25) is 0 Å². The number of aromatic nitrogens is 1. The van der Waals surface area contributed by atoms with Gasteiger partial charge in [-0.2, -0.15) is 4.98 Å². The first-order chi connectivity index (χ1) is 11.1. The van der Waals surface area contributed by atoms with Crippen molar-refractivity contribution in [1.82, 2.24) is 4.98 Å². The van der Waals surface area contributed by atoms with Gasteiger partial charge in [0.1, 0.15) is 0 Å². The largest absolute Gasteiger partial charge is 0.428 e. The highest BCUT2D eigenvalue weighted by Crippen LogP contribution is 2.36. The number of thiophene rings is 1. The average molecular weight is 366 g/mol. The van der Waals surface area contributed by atoms with Crippen LogP contribution in [-0.2, 0) is 9.84 Å². The third-order valence-electron chi connectivity index (χ3n) is 3.04. The molecule has 0 aliphatic carbocycles. The summed E-state index contributed by atoms with van der Waals surface area (Å²) in [6.45, 7) is 2.04. The first kappa shape index (κ1) is 16.3. The molecule has 0 N–H and O–H groups in total. The third-order valence-corrected chi connectivity index (χ3v) is 6.86. The molecule has 0 amide bonds. The predicted molar refractivity (Wildman–Crippen MR) is 92.7 cm³/mol. The Bertz CT molecular complexity index is 869. The molecule has 2 aromatic heterocycles. The van der Waals surface area contributed by atoms with Crippen LogP contribution in [0.4, 0.5) is 0 Å². The third kappa shape index (κ3) is 3.36. The van der Waals surface area contributed by atoms with Gasteiger partial charge < -0.3 is 4.42 Å². The van der Waals surface area contributed by atoms with Crippen LogP contribution in [-0.4, -0.2) is 19.2 Å². The molecular formula is C16H15NO3S3. The van der Waals surface area contributed by atoms with E-state index in [1.54, 1.807) is 30.3 Å². The molecule has 0 bridgehead atoms. The lowest BCUT2D eigenvalue weighted by atomic mass is 10.4. The van der Waals surface area contributed by atoms with Crippen LogP contribution in [0.3, 0.4) is 0 Å². The van der Waals surface area contributed by atoms with Crippen molar-refractivity contribution in [1.29, 1.82) is 0 Å². The molecular weight excluding hydrogens is 350 g/mol. The Kier molecular flexibility index (Phi) is 4.89. The molecule has 0 atom stereocenters. The van der Waals surface area contributed by atoms with Crippen molar-refractivity contribution in [3.63, 3.8) is 0 Å². The van der Waals surface area contributed by atoms with Crippen molar-refractivity contribution in [3.8, 4) is 10.8 Å². The van der Waals surface area contributed by atoms with E-state index in [0.29, 0.717) is 11.0 Å². The number of thioether (sulfide) groups is 1. The highest BCUT2D eigenvalue weighted by molar-refractivity contribution is 8.00. The number of hydrogen-bond acceptors (Lipinski definition) is 6. The van der Waals surface area contributed by atoms with Crippen LogP contribution in [0.1, 0.15) is 13.3 Å². The van der Waals surface area contributed by atoms with Crippen LogP contribution in [0.15, 0.2) is 67.3 Å². The normalized spacial score (nSPS) is 11.7. The Morgan fingerprint density at radius 1 is 1.17 bits per heavy atom. The van der Waals surface area contributed by atoms with Gasteiger partial charge in [0.25, 0.3) is 0 Å². The second-order valence-electron chi connectivity index (χ2n) is 4.75. The molecule has 0 spiro atoms. The van der Waals surface area contributed by atoms with Crippen molar-refractivity contribution in [2.45, 2.75) is 28.4 Å². The molecule has 0 saturated heterocycles. The summed E-state index contributed by atoms with van der Waals surface area (Å²) in [6, 6.07) is 12.1. The standard InChI is InChI=1S/C16H15NO3S3/c1-2-10-22-16-15(17-14(20-16)13-9-6-11-21-13)23(18,19)12-7-4-3-5-8-12/h3-9,11H,2,10H2,1H3. The van der Waals surface area contributed by atoms with Crippen LogP contribution in [0, 0.1) is 0 Å². The second-order valence-corrected chi connectivity index (χ2v) is 8.63. The van der Waals surface area contributed by atoms with Crippen LogP contribution in [0.25, 0.3) is 10.8 Å². The summed E-state index contributed by atoms with van der Waals surface area (Å²) < 4.78 is 31.5. The monoisotopic (exact) mass is 365 g/mol. The number of hydrogen-bond donors (Lipinski definition) is 0. The summed E-state index contributed by atoms with van der Waals surface area (Å²) in [7, 11) is -3.69. The summed E-state index contributed by atoms with van der Waals surface area (Å²) >= 11 is 2.85. The van der Waals surface area contributed by atoms with Gasteiger partial charge >= 0.3 is 0 Å². The van der Waals surface area contributed by atoms with Crippen molar-refractivity contribution in [2.24, 2.45) is 0 Å². The Labute approximate surface area is 143 Å². The highest BCUT2D eigenvalue weighted by Gasteiger charge is 2.28. The smallest absolute Gasteiger partial charge is 0.238 e. The van der Waals surface area contributed by atoms with Gasteiger partial charge in [-0.15, -0.1) is 11.3 Å². The summed E-state index contributed by atoms with van der Waals surface area (Å²) in [4.78, 5) is 5.33. The van der Waals surface area contributed by atoms with E-state index < -0.39 is 9.84 Å². The maximum Gasteiger partial charge on any atom is 0.238 e. The van der Waals surface area contributed by atoms with Gasteiger partial charge in [-0.05, 0) is 30.0 Å². The SMILES string of the molecule is CCCSc1oc(-c2cccs2)nc1S(=O)(=O)c1ccccc1. The Morgan fingerprint density at radius 2 is 1.96 bits per heavy atom. The minimum absolute atomic E-state index is 0.00514. The minimum Gasteiger partial charge on any atom is -0.428 e. The van der Waals surface area contributed by atoms with Crippen molar-refractivity contribution >= 4 is 32.9 Å². The number of rotatable bonds is 6. The van der Waals surface area contributed by atoms with E-state index >= 15 is 0 Å². The molecule has 4 nitrogen and oxygen atoms in total. The van der Waals surface area contributed by atoms with E-state index in [0.717, 1.165) is 17.1 Å². The molecule has 1 aromatic carbocycles. The summed E-state index contributed by atoms with van der Waals surface area (Å²) in [5, 5.41) is 2.27. The summed E-state index contributed by atoms with van der Waals surface area (Å²) in [5.41, 5.74) is 0. The summed E-state index contributed by atoms with van der Waals surface area (Å²) in [6.07, 6.45) is 0.921. The van der Waals surface area contributed by atoms with Gasteiger partial charge in [0, 0.05) is 5.75 Å². The van der Waals surface area contributed by atoms with Crippen molar-refractivity contribution in [2.75, 3.05) is 5.75 Å². The Hall–Kier alpha value is -1.57. The van der Waals surface area contributed by atoms with E-state index in [2.05, 4.69) is 4.98 Å². The van der Waals surface area contributed by atoms with Crippen molar-refractivity contribution in [3.05, 3.63) is 47.8 Å². The molecule has 3 aromatic rings. The van der Waals surface area contributed by atoms with E-state index in [1.165, 1.54) is 23.1 Å². The van der Waals surface area contributed by atoms with Gasteiger partial charge in [-0.3, -0.25) is 0 Å². The fourth-order valence-electron chi connectivity index (χ4n) is 1.96. The van der Waals surface area contributed by atoms with Crippen LogP contribution in [0.5, 0.6) is 0 Å². The number of nitrogens with zero attached hydrogens (tertiary/aromatic N) is 1.